The number of ether oxygens (including phenoxy) is 2. The third kappa shape index (κ3) is 4.13. The van der Waals surface area contributed by atoms with E-state index in [0.717, 1.165) is 6.42 Å². The van der Waals surface area contributed by atoms with Gasteiger partial charge in [-0.2, -0.15) is 0 Å². The average molecular weight is 321 g/mol. The number of hydrogen-bond donors (Lipinski definition) is 2. The molecule has 1 saturated heterocycles. The van der Waals surface area contributed by atoms with E-state index in [4.69, 9.17) is 15.2 Å². The summed E-state index contributed by atoms with van der Waals surface area (Å²) in [5.74, 6) is 0.659. The first kappa shape index (κ1) is 17.1. The first-order valence-corrected chi connectivity index (χ1v) is 7.60. The van der Waals surface area contributed by atoms with Gasteiger partial charge in [-0.1, -0.05) is 0 Å². The van der Waals surface area contributed by atoms with E-state index in [-0.39, 0.29) is 24.2 Å². The van der Waals surface area contributed by atoms with Crippen molar-refractivity contribution in [1.29, 1.82) is 0 Å². The highest BCUT2D eigenvalue weighted by molar-refractivity contribution is 6.00. The Labute approximate surface area is 135 Å². The Morgan fingerprint density at radius 2 is 1.96 bits per heavy atom. The number of carbonyl (C=O) groups excluding carboxylic acids is 2. The molecule has 1 aliphatic heterocycles. The predicted molar refractivity (Wildman–Crippen MR) is 86.7 cm³/mol. The van der Waals surface area contributed by atoms with Crippen molar-refractivity contribution in [3.8, 4) is 11.5 Å². The number of hydrogen-bond acceptors (Lipinski definition) is 5. The van der Waals surface area contributed by atoms with Crippen molar-refractivity contribution in [2.45, 2.75) is 12.8 Å². The van der Waals surface area contributed by atoms with Gasteiger partial charge in [-0.15, -0.1) is 0 Å². The van der Waals surface area contributed by atoms with Crippen LogP contribution >= 0.6 is 0 Å². The van der Waals surface area contributed by atoms with Gasteiger partial charge in [0, 0.05) is 37.7 Å². The summed E-state index contributed by atoms with van der Waals surface area (Å²) in [7, 11) is 3.11. The number of amides is 2. The Bertz CT molecular complexity index is 554. The van der Waals surface area contributed by atoms with Crippen LogP contribution in [-0.2, 0) is 9.59 Å². The van der Waals surface area contributed by atoms with E-state index in [1.165, 1.54) is 0 Å². The second-order valence-electron chi connectivity index (χ2n) is 5.41. The van der Waals surface area contributed by atoms with E-state index in [1.807, 2.05) is 0 Å². The summed E-state index contributed by atoms with van der Waals surface area (Å²) in [6, 6.07) is 5.26. The highest BCUT2D eigenvalue weighted by Crippen LogP contribution is 2.32. The minimum atomic E-state index is -0.350. The molecule has 1 atom stereocenters. The number of methoxy groups -OCH3 is 2. The summed E-state index contributed by atoms with van der Waals surface area (Å²) in [5, 5.41) is 2.82. The average Bonchev–Trinajstić information content (AvgIpc) is 2.96. The maximum atomic E-state index is 12.3. The predicted octanol–water partition coefficient (Wildman–Crippen LogP) is 0.522. The summed E-state index contributed by atoms with van der Waals surface area (Å²) in [5.41, 5.74) is 6.08. The monoisotopic (exact) mass is 321 g/mol. The maximum Gasteiger partial charge on any atom is 0.227 e. The molecule has 1 aromatic rings. The summed E-state index contributed by atoms with van der Waals surface area (Å²) < 4.78 is 10.4. The fourth-order valence-corrected chi connectivity index (χ4v) is 2.54. The molecule has 0 aromatic heterocycles. The van der Waals surface area contributed by atoms with E-state index in [9.17, 15) is 9.59 Å². The van der Waals surface area contributed by atoms with Gasteiger partial charge in [-0.05, 0) is 13.0 Å². The molecule has 1 aliphatic rings. The second kappa shape index (κ2) is 7.82. The lowest BCUT2D eigenvalue weighted by Crippen LogP contribution is -2.34. The van der Waals surface area contributed by atoms with E-state index in [1.54, 1.807) is 37.3 Å². The topological polar surface area (TPSA) is 93.9 Å². The number of nitrogens with zero attached hydrogens (tertiary/aromatic N) is 1. The first-order valence-electron chi connectivity index (χ1n) is 7.60. The molecular formula is C16H23N3O4. The highest BCUT2D eigenvalue weighted by atomic mass is 16.5. The van der Waals surface area contributed by atoms with Crippen LogP contribution in [0.25, 0.3) is 0 Å². The van der Waals surface area contributed by atoms with Crippen molar-refractivity contribution in [3.63, 3.8) is 0 Å². The normalized spacial score (nSPS) is 17.3. The molecule has 2 amide bonds. The fourth-order valence-electron chi connectivity index (χ4n) is 2.54. The summed E-state index contributed by atoms with van der Waals surface area (Å²) >= 11 is 0. The molecule has 1 heterocycles. The molecule has 1 fully saturated rings. The van der Waals surface area contributed by atoms with Gasteiger partial charge in [0.25, 0.3) is 0 Å². The van der Waals surface area contributed by atoms with Crippen molar-refractivity contribution in [1.82, 2.24) is 5.32 Å². The highest BCUT2D eigenvalue weighted by Gasteiger charge is 2.35. The Morgan fingerprint density at radius 1 is 1.30 bits per heavy atom. The van der Waals surface area contributed by atoms with E-state index >= 15 is 0 Å². The SMILES string of the molecule is COc1cc(OC)cc(N2CC(C(=O)NCCCN)CC2=O)c1. The standard InChI is InChI=1S/C16H23N3O4/c1-22-13-7-12(8-14(9-13)23-2)19-10-11(6-15(19)20)16(21)18-5-3-4-17/h7-9,11H,3-6,10,17H2,1-2H3,(H,18,21). The molecular weight excluding hydrogens is 298 g/mol. The van der Waals surface area contributed by atoms with Crippen LogP contribution < -0.4 is 25.4 Å². The first-order chi connectivity index (χ1) is 11.1. The third-order valence-corrected chi connectivity index (χ3v) is 3.82. The molecule has 7 nitrogen and oxygen atoms in total. The summed E-state index contributed by atoms with van der Waals surface area (Å²) in [6.45, 7) is 1.41. The van der Waals surface area contributed by atoms with Gasteiger partial charge in [-0.3, -0.25) is 9.59 Å². The molecule has 0 saturated carbocycles. The summed E-state index contributed by atoms with van der Waals surface area (Å²) in [6.07, 6.45) is 0.928. The molecule has 2 rings (SSSR count). The maximum absolute atomic E-state index is 12.3. The van der Waals surface area contributed by atoms with Crippen LogP contribution in [0.4, 0.5) is 5.69 Å². The number of rotatable bonds is 7. The Morgan fingerprint density at radius 3 is 2.52 bits per heavy atom. The molecule has 126 valence electrons. The molecule has 0 radical (unpaired) electrons. The molecule has 3 N–H and O–H groups in total. The van der Waals surface area contributed by atoms with Gasteiger partial charge in [-0.25, -0.2) is 0 Å². The molecule has 7 heteroatoms. The molecule has 0 aliphatic carbocycles. The van der Waals surface area contributed by atoms with Crippen molar-refractivity contribution in [3.05, 3.63) is 18.2 Å². The Hall–Kier alpha value is -2.28. The van der Waals surface area contributed by atoms with Gasteiger partial charge in [0.2, 0.25) is 11.8 Å². The van der Waals surface area contributed by atoms with Gasteiger partial charge in [0.05, 0.1) is 25.8 Å². The zero-order chi connectivity index (χ0) is 16.8. The van der Waals surface area contributed by atoms with Gasteiger partial charge < -0.3 is 25.4 Å². The third-order valence-electron chi connectivity index (χ3n) is 3.82. The van der Waals surface area contributed by atoms with Gasteiger partial charge in [0.15, 0.2) is 0 Å². The quantitative estimate of drug-likeness (QED) is 0.714. The van der Waals surface area contributed by atoms with E-state index in [0.29, 0.717) is 36.8 Å². The number of carbonyl (C=O) groups is 2. The lowest BCUT2D eigenvalue weighted by molar-refractivity contribution is -0.126. The molecule has 23 heavy (non-hydrogen) atoms. The number of nitrogens with two attached hydrogens (primary N) is 1. The van der Waals surface area contributed by atoms with Crippen molar-refractivity contribution < 1.29 is 19.1 Å². The van der Waals surface area contributed by atoms with Crippen LogP contribution in [0.1, 0.15) is 12.8 Å². The molecule has 1 aromatic carbocycles. The molecule has 0 spiro atoms. The van der Waals surface area contributed by atoms with Crippen LogP contribution in [0.2, 0.25) is 0 Å². The van der Waals surface area contributed by atoms with Crippen LogP contribution in [0.3, 0.4) is 0 Å². The summed E-state index contributed by atoms with van der Waals surface area (Å²) in [4.78, 5) is 26.0. The molecule has 1 unspecified atom stereocenters. The van der Waals surface area contributed by atoms with Crippen LogP contribution in [0.5, 0.6) is 11.5 Å². The largest absolute Gasteiger partial charge is 0.497 e. The van der Waals surface area contributed by atoms with Gasteiger partial charge in [0.1, 0.15) is 11.5 Å². The second-order valence-corrected chi connectivity index (χ2v) is 5.41. The minimum absolute atomic E-state index is 0.0840. The smallest absolute Gasteiger partial charge is 0.227 e. The number of nitrogens with one attached hydrogen (secondary N) is 1. The van der Waals surface area contributed by atoms with Gasteiger partial charge >= 0.3 is 0 Å². The zero-order valence-corrected chi connectivity index (χ0v) is 13.5. The zero-order valence-electron chi connectivity index (χ0n) is 13.5. The van der Waals surface area contributed by atoms with Crippen molar-refractivity contribution in [2.75, 3.05) is 38.8 Å². The lowest BCUT2D eigenvalue weighted by Gasteiger charge is -2.18. The van der Waals surface area contributed by atoms with E-state index < -0.39 is 0 Å². The number of anilines is 1. The van der Waals surface area contributed by atoms with Crippen LogP contribution in [0.15, 0.2) is 18.2 Å². The number of benzene rings is 1. The minimum Gasteiger partial charge on any atom is -0.497 e. The van der Waals surface area contributed by atoms with Crippen molar-refractivity contribution in [2.24, 2.45) is 11.7 Å². The van der Waals surface area contributed by atoms with Crippen molar-refractivity contribution >= 4 is 17.5 Å². The Balaban J connectivity index is 2.09. The Kier molecular flexibility index (Phi) is 5.81. The van der Waals surface area contributed by atoms with Crippen LogP contribution in [-0.4, -0.2) is 45.7 Å². The fraction of sp³-hybridized carbons (Fsp3) is 0.500. The molecule has 0 bridgehead atoms. The van der Waals surface area contributed by atoms with E-state index in [2.05, 4.69) is 5.32 Å². The van der Waals surface area contributed by atoms with Crippen LogP contribution in [0, 0.1) is 5.92 Å². The lowest BCUT2D eigenvalue weighted by atomic mass is 10.1.